The highest BCUT2D eigenvalue weighted by atomic mass is 16.2. The molecule has 1 aliphatic heterocycles. The van der Waals surface area contributed by atoms with Crippen LogP contribution in [0.3, 0.4) is 0 Å². The Morgan fingerprint density at radius 3 is 2.67 bits per heavy atom. The molecule has 1 aliphatic rings. The third kappa shape index (κ3) is 3.83. The number of nitrogens with zero attached hydrogens (tertiary/aromatic N) is 4. The van der Waals surface area contributed by atoms with E-state index in [1.807, 2.05) is 28.0 Å². The van der Waals surface area contributed by atoms with Crippen LogP contribution in [0.1, 0.15) is 38.7 Å². The molecule has 1 fully saturated rings. The van der Waals surface area contributed by atoms with Crippen molar-refractivity contribution in [2.24, 2.45) is 5.92 Å². The Morgan fingerprint density at radius 2 is 2.04 bits per heavy atom. The number of piperidine rings is 1. The standard InChI is InChI=1S/C19H26N4O/c1-3-10-23-19(6-9-21-23)18-5-4-17(14-20-18)13-16-7-11-22(12-8-16)15(2)24/h4-6,9,14,16H,3,7-8,10-13H2,1-2H3. The summed E-state index contributed by atoms with van der Waals surface area (Å²) in [5, 5.41) is 4.36. The Labute approximate surface area is 143 Å². The lowest BCUT2D eigenvalue weighted by Crippen LogP contribution is -2.37. The molecule has 0 saturated carbocycles. The maximum Gasteiger partial charge on any atom is 0.219 e. The summed E-state index contributed by atoms with van der Waals surface area (Å²) in [7, 11) is 0. The van der Waals surface area contributed by atoms with E-state index in [-0.39, 0.29) is 5.91 Å². The third-order valence-electron chi connectivity index (χ3n) is 4.82. The maximum atomic E-state index is 11.4. The summed E-state index contributed by atoms with van der Waals surface area (Å²) >= 11 is 0. The summed E-state index contributed by atoms with van der Waals surface area (Å²) in [5.74, 6) is 0.849. The number of pyridine rings is 1. The quantitative estimate of drug-likeness (QED) is 0.848. The summed E-state index contributed by atoms with van der Waals surface area (Å²) in [6.45, 7) is 6.51. The van der Waals surface area contributed by atoms with Crippen molar-refractivity contribution in [1.82, 2.24) is 19.7 Å². The van der Waals surface area contributed by atoms with E-state index in [9.17, 15) is 4.79 Å². The first-order valence-corrected chi connectivity index (χ1v) is 8.90. The molecule has 0 aliphatic carbocycles. The average Bonchev–Trinajstić information content (AvgIpc) is 3.05. The topological polar surface area (TPSA) is 51.0 Å². The van der Waals surface area contributed by atoms with Gasteiger partial charge in [0.15, 0.2) is 0 Å². The summed E-state index contributed by atoms with van der Waals surface area (Å²) in [4.78, 5) is 18.0. The van der Waals surface area contributed by atoms with Crippen LogP contribution in [0.2, 0.25) is 0 Å². The van der Waals surface area contributed by atoms with E-state index in [4.69, 9.17) is 0 Å². The molecule has 2 aromatic rings. The van der Waals surface area contributed by atoms with Crippen LogP contribution in [0.15, 0.2) is 30.6 Å². The summed E-state index contributed by atoms with van der Waals surface area (Å²) < 4.78 is 2.01. The van der Waals surface area contributed by atoms with E-state index in [2.05, 4.69) is 29.1 Å². The number of amides is 1. The highest BCUT2D eigenvalue weighted by Gasteiger charge is 2.21. The van der Waals surface area contributed by atoms with E-state index in [1.165, 1.54) is 5.56 Å². The molecule has 2 aromatic heterocycles. The van der Waals surface area contributed by atoms with E-state index in [0.29, 0.717) is 5.92 Å². The van der Waals surface area contributed by atoms with Crippen LogP contribution in [-0.2, 0) is 17.8 Å². The molecule has 0 radical (unpaired) electrons. The fraction of sp³-hybridized carbons (Fsp3) is 0.526. The summed E-state index contributed by atoms with van der Waals surface area (Å²) in [6, 6.07) is 6.31. The van der Waals surface area contributed by atoms with Gasteiger partial charge in [0, 0.05) is 39.0 Å². The number of rotatable bonds is 5. The minimum absolute atomic E-state index is 0.197. The fourth-order valence-electron chi connectivity index (χ4n) is 3.42. The van der Waals surface area contributed by atoms with Gasteiger partial charge in [-0.2, -0.15) is 5.10 Å². The van der Waals surface area contributed by atoms with Crippen molar-refractivity contribution < 1.29 is 4.79 Å². The van der Waals surface area contributed by atoms with E-state index < -0.39 is 0 Å². The van der Waals surface area contributed by atoms with Crippen molar-refractivity contribution in [1.29, 1.82) is 0 Å². The minimum Gasteiger partial charge on any atom is -0.343 e. The zero-order valence-corrected chi connectivity index (χ0v) is 14.6. The van der Waals surface area contributed by atoms with Gasteiger partial charge in [0.2, 0.25) is 5.91 Å². The molecule has 1 amide bonds. The Hall–Kier alpha value is -2.17. The van der Waals surface area contributed by atoms with Gasteiger partial charge in [-0.1, -0.05) is 13.0 Å². The number of carbonyl (C=O) groups is 1. The van der Waals surface area contributed by atoms with Crippen LogP contribution >= 0.6 is 0 Å². The second-order valence-electron chi connectivity index (χ2n) is 6.64. The second-order valence-corrected chi connectivity index (χ2v) is 6.64. The van der Waals surface area contributed by atoms with Crippen LogP contribution in [0.25, 0.3) is 11.4 Å². The van der Waals surface area contributed by atoms with Gasteiger partial charge < -0.3 is 4.90 Å². The molecule has 0 bridgehead atoms. The van der Waals surface area contributed by atoms with Crippen LogP contribution < -0.4 is 0 Å². The first-order chi connectivity index (χ1) is 11.7. The summed E-state index contributed by atoms with van der Waals surface area (Å²) in [5.41, 5.74) is 3.34. The third-order valence-corrected chi connectivity index (χ3v) is 4.82. The molecule has 3 rings (SSSR count). The number of hydrogen-bond donors (Lipinski definition) is 0. The number of likely N-dealkylation sites (tertiary alicyclic amines) is 1. The molecule has 128 valence electrons. The largest absolute Gasteiger partial charge is 0.343 e. The Kier molecular flexibility index (Phi) is 5.28. The molecule has 0 N–H and O–H groups in total. The lowest BCUT2D eigenvalue weighted by atomic mass is 9.90. The Bertz CT molecular complexity index is 669. The van der Waals surface area contributed by atoms with Crippen molar-refractivity contribution in [2.75, 3.05) is 13.1 Å². The molecule has 0 unspecified atom stereocenters. The van der Waals surface area contributed by atoms with Crippen molar-refractivity contribution in [3.8, 4) is 11.4 Å². The Balaban J connectivity index is 1.61. The highest BCUT2D eigenvalue weighted by molar-refractivity contribution is 5.73. The predicted molar refractivity (Wildman–Crippen MR) is 94.4 cm³/mol. The Morgan fingerprint density at radius 1 is 1.25 bits per heavy atom. The van der Waals surface area contributed by atoms with Crippen LogP contribution in [0.4, 0.5) is 0 Å². The lowest BCUT2D eigenvalue weighted by molar-refractivity contribution is -0.130. The smallest absolute Gasteiger partial charge is 0.219 e. The average molecular weight is 326 g/mol. The lowest BCUT2D eigenvalue weighted by Gasteiger charge is -2.31. The molecular formula is C19H26N4O. The monoisotopic (exact) mass is 326 g/mol. The minimum atomic E-state index is 0.197. The first-order valence-electron chi connectivity index (χ1n) is 8.90. The van der Waals surface area contributed by atoms with Crippen molar-refractivity contribution >= 4 is 5.91 Å². The number of hydrogen-bond acceptors (Lipinski definition) is 3. The zero-order valence-electron chi connectivity index (χ0n) is 14.6. The second kappa shape index (κ2) is 7.60. The number of aryl methyl sites for hydroxylation is 1. The molecule has 3 heterocycles. The predicted octanol–water partition coefficient (Wildman–Crippen LogP) is 3.16. The van der Waals surface area contributed by atoms with Crippen LogP contribution in [-0.4, -0.2) is 38.7 Å². The normalized spacial score (nSPS) is 15.7. The number of carbonyl (C=O) groups excluding carboxylic acids is 1. The molecule has 0 spiro atoms. The van der Waals surface area contributed by atoms with E-state index >= 15 is 0 Å². The fourth-order valence-corrected chi connectivity index (χ4v) is 3.42. The molecule has 24 heavy (non-hydrogen) atoms. The van der Waals surface area contributed by atoms with Crippen LogP contribution in [0, 0.1) is 5.92 Å². The first kappa shape index (κ1) is 16.7. The molecule has 5 heteroatoms. The van der Waals surface area contributed by atoms with Gasteiger partial charge in [-0.3, -0.25) is 14.5 Å². The molecule has 1 saturated heterocycles. The van der Waals surface area contributed by atoms with Crippen molar-refractivity contribution in [3.05, 3.63) is 36.2 Å². The SMILES string of the molecule is CCCn1nccc1-c1ccc(CC2CCN(C(C)=O)CC2)cn1. The summed E-state index contributed by atoms with van der Waals surface area (Å²) in [6.07, 6.45) is 8.12. The van der Waals surface area contributed by atoms with Crippen molar-refractivity contribution in [3.63, 3.8) is 0 Å². The zero-order chi connectivity index (χ0) is 16.9. The molecule has 5 nitrogen and oxygen atoms in total. The highest BCUT2D eigenvalue weighted by Crippen LogP contribution is 2.23. The van der Waals surface area contributed by atoms with Gasteiger partial charge in [0.1, 0.15) is 0 Å². The van der Waals surface area contributed by atoms with Gasteiger partial charge in [-0.15, -0.1) is 0 Å². The van der Waals surface area contributed by atoms with E-state index in [0.717, 1.165) is 56.7 Å². The van der Waals surface area contributed by atoms with Gasteiger partial charge in [-0.25, -0.2) is 0 Å². The van der Waals surface area contributed by atoms with Gasteiger partial charge in [-0.05, 0) is 49.3 Å². The van der Waals surface area contributed by atoms with Crippen LogP contribution in [0.5, 0.6) is 0 Å². The van der Waals surface area contributed by atoms with Gasteiger partial charge >= 0.3 is 0 Å². The molecule has 0 atom stereocenters. The maximum absolute atomic E-state index is 11.4. The van der Waals surface area contributed by atoms with E-state index in [1.54, 1.807) is 6.92 Å². The number of aromatic nitrogens is 3. The van der Waals surface area contributed by atoms with Crippen molar-refractivity contribution in [2.45, 2.75) is 46.1 Å². The molecule has 0 aromatic carbocycles. The molecular weight excluding hydrogens is 300 g/mol. The van der Waals surface area contributed by atoms with Gasteiger partial charge in [0.25, 0.3) is 0 Å². The van der Waals surface area contributed by atoms with Gasteiger partial charge in [0.05, 0.1) is 11.4 Å².